The van der Waals surface area contributed by atoms with Crippen molar-refractivity contribution in [3.8, 4) is 0 Å². The molecule has 0 aliphatic carbocycles. The largest absolute Gasteiger partial charge is 0.481 e. The number of hydrogen-bond donors (Lipinski definition) is 3. The van der Waals surface area contributed by atoms with Gasteiger partial charge in [0.2, 0.25) is 0 Å². The van der Waals surface area contributed by atoms with Crippen molar-refractivity contribution in [3.63, 3.8) is 0 Å². The lowest BCUT2D eigenvalue weighted by molar-refractivity contribution is -0.137. The van der Waals surface area contributed by atoms with Gasteiger partial charge in [0.1, 0.15) is 0 Å². The Kier molecular flexibility index (Phi) is 85.1. The Hall–Kier alpha value is -1.16. The van der Waals surface area contributed by atoms with E-state index in [9.17, 15) is 14.4 Å². The van der Waals surface area contributed by atoms with Gasteiger partial charge in [0.25, 0.3) is 0 Å². The Bertz CT molecular complexity index is 194. The highest BCUT2D eigenvalue weighted by Crippen LogP contribution is 1.84. The van der Waals surface area contributed by atoms with Crippen LogP contribution in [0.1, 0.15) is 74.7 Å². The highest BCUT2D eigenvalue weighted by molar-refractivity contribution is 7.16. The van der Waals surface area contributed by atoms with Gasteiger partial charge in [0, 0.05) is 19.3 Å². The highest BCUT2D eigenvalue weighted by Gasteiger charge is 1.87. The van der Waals surface area contributed by atoms with Gasteiger partial charge in [-0.1, -0.05) is 55.4 Å². The van der Waals surface area contributed by atoms with E-state index in [-0.39, 0.29) is 19.3 Å². The third kappa shape index (κ3) is 176. The van der Waals surface area contributed by atoms with Gasteiger partial charge in [-0.2, -0.15) is 0 Å². The summed E-state index contributed by atoms with van der Waals surface area (Å²) in [7, 11) is 2.34. The van der Waals surface area contributed by atoms with Gasteiger partial charge < -0.3 is 15.3 Å². The quantitative estimate of drug-likeness (QED) is 0.653. The Morgan fingerprint density at radius 1 is 0.682 bits per heavy atom. The fraction of sp³-hybridized carbons (Fsp3) is 0.800. The fourth-order valence-corrected chi connectivity index (χ4v) is 0.370. The molecule has 138 valence electrons. The van der Waals surface area contributed by atoms with E-state index in [1.165, 1.54) is 0 Å². The first kappa shape index (κ1) is 37.2. The zero-order valence-electron chi connectivity index (χ0n) is 15.5. The molecule has 0 saturated carbocycles. The lowest BCUT2D eigenvalue weighted by Crippen LogP contribution is -1.92. The summed E-state index contributed by atoms with van der Waals surface area (Å²) in [4.78, 5) is 28.3. The number of aliphatic carboxylic acids is 3. The second kappa shape index (κ2) is 50.2. The first-order chi connectivity index (χ1) is 10.3. The number of carboxylic acid groups (broad SMARTS) is 3. The highest BCUT2D eigenvalue weighted by atomic mass is 31.0. The molecule has 0 bridgehead atoms. The average molecular weight is 344 g/mol. The summed E-state index contributed by atoms with van der Waals surface area (Å²) in [5, 5.41) is 23.3. The van der Waals surface area contributed by atoms with Crippen LogP contribution < -0.4 is 0 Å². The molecule has 0 aliphatic rings. The molecule has 1 atom stereocenters. The molecule has 0 aromatic heterocycles. The zero-order chi connectivity index (χ0) is 19.6. The average Bonchev–Trinajstić information content (AvgIpc) is 2.54. The van der Waals surface area contributed by atoms with E-state index in [2.05, 4.69) is 9.24 Å². The maximum absolute atomic E-state index is 9.59. The normalized spacial score (nSPS) is 6.41. The second-order valence-corrected chi connectivity index (χ2v) is 3.00. The molecular weight excluding hydrogens is 307 g/mol. The van der Waals surface area contributed by atoms with Crippen molar-refractivity contribution in [3.05, 3.63) is 0 Å². The SMILES string of the molecule is CC.CC.CC.CCC(=O)O.CCC(=O)O.O=C(O)CCP. The van der Waals surface area contributed by atoms with Crippen molar-refractivity contribution in [2.75, 3.05) is 6.16 Å². The van der Waals surface area contributed by atoms with Gasteiger partial charge in [-0.25, -0.2) is 0 Å². The number of carboxylic acids is 3. The lowest BCUT2D eigenvalue weighted by atomic mass is 10.5. The maximum Gasteiger partial charge on any atom is 0.303 e. The molecule has 22 heavy (non-hydrogen) atoms. The van der Waals surface area contributed by atoms with Gasteiger partial charge in [0.05, 0.1) is 0 Å². The molecule has 3 N–H and O–H groups in total. The van der Waals surface area contributed by atoms with E-state index in [4.69, 9.17) is 15.3 Å². The van der Waals surface area contributed by atoms with Crippen molar-refractivity contribution >= 4 is 27.1 Å². The van der Waals surface area contributed by atoms with Gasteiger partial charge in [-0.3, -0.25) is 14.4 Å². The van der Waals surface area contributed by atoms with E-state index in [0.717, 1.165) is 0 Å². The Balaban J connectivity index is -0.0000000373. The third-order valence-electron chi connectivity index (χ3n) is 0.963. The first-order valence-electron chi connectivity index (χ1n) is 7.67. The van der Waals surface area contributed by atoms with Crippen molar-refractivity contribution in [1.82, 2.24) is 0 Å². The minimum absolute atomic E-state index is 0.222. The molecule has 0 amide bonds. The van der Waals surface area contributed by atoms with E-state index in [1.54, 1.807) is 13.8 Å². The van der Waals surface area contributed by atoms with E-state index in [1.807, 2.05) is 41.5 Å². The van der Waals surface area contributed by atoms with Gasteiger partial charge in [-0.15, -0.1) is 9.24 Å². The predicted octanol–water partition coefficient (Wildman–Crippen LogP) is 4.38. The molecule has 6 nitrogen and oxygen atoms in total. The van der Waals surface area contributed by atoms with Crippen molar-refractivity contribution in [2.24, 2.45) is 0 Å². The predicted molar refractivity (Wildman–Crippen MR) is 96.7 cm³/mol. The summed E-state index contributed by atoms with van der Waals surface area (Å²) in [5.74, 6) is -2.22. The van der Waals surface area contributed by atoms with Crippen LogP contribution in [-0.4, -0.2) is 39.4 Å². The Morgan fingerprint density at radius 3 is 0.864 bits per heavy atom. The molecule has 0 rings (SSSR count). The van der Waals surface area contributed by atoms with E-state index in [0.29, 0.717) is 6.16 Å². The van der Waals surface area contributed by atoms with Crippen LogP contribution in [0, 0.1) is 0 Å². The monoisotopic (exact) mass is 344 g/mol. The number of carbonyl (C=O) groups is 3. The van der Waals surface area contributed by atoms with Gasteiger partial charge in [0.15, 0.2) is 0 Å². The van der Waals surface area contributed by atoms with Crippen LogP contribution in [0.15, 0.2) is 0 Å². The van der Waals surface area contributed by atoms with Gasteiger partial charge in [-0.05, 0) is 6.16 Å². The fourth-order valence-electron chi connectivity index (χ4n) is 0.123. The Labute approximate surface area is 138 Å². The smallest absolute Gasteiger partial charge is 0.303 e. The van der Waals surface area contributed by atoms with E-state index < -0.39 is 17.9 Å². The molecule has 0 aromatic carbocycles. The summed E-state index contributed by atoms with van der Waals surface area (Å²) in [5.41, 5.74) is 0. The van der Waals surface area contributed by atoms with Crippen LogP contribution in [-0.2, 0) is 14.4 Å². The molecule has 0 radical (unpaired) electrons. The number of rotatable bonds is 4. The summed E-state index contributed by atoms with van der Waals surface area (Å²) in [6.07, 6.45) is 1.35. The van der Waals surface area contributed by atoms with Crippen LogP contribution in [0.25, 0.3) is 0 Å². The summed E-state index contributed by atoms with van der Waals surface area (Å²) >= 11 is 0. The molecule has 0 saturated heterocycles. The summed E-state index contributed by atoms with van der Waals surface area (Å²) in [6.45, 7) is 15.2. The van der Waals surface area contributed by atoms with Crippen LogP contribution in [0.2, 0.25) is 0 Å². The molecule has 1 unspecified atom stereocenters. The summed E-state index contributed by atoms with van der Waals surface area (Å²) < 4.78 is 0. The zero-order valence-corrected chi connectivity index (χ0v) is 16.6. The van der Waals surface area contributed by atoms with Crippen molar-refractivity contribution in [2.45, 2.75) is 74.7 Å². The van der Waals surface area contributed by atoms with E-state index >= 15 is 0 Å². The molecule has 0 aliphatic heterocycles. The molecule has 0 spiro atoms. The second-order valence-electron chi connectivity index (χ2n) is 2.43. The molecule has 0 aromatic rings. The maximum atomic E-state index is 9.59. The molecule has 0 heterocycles. The first-order valence-corrected chi connectivity index (χ1v) is 8.48. The van der Waals surface area contributed by atoms with Crippen LogP contribution in [0.4, 0.5) is 0 Å². The van der Waals surface area contributed by atoms with Crippen LogP contribution in [0.5, 0.6) is 0 Å². The van der Waals surface area contributed by atoms with Crippen molar-refractivity contribution < 1.29 is 29.7 Å². The standard InChI is InChI=1S/C3H7O2P.2C3H6O2.3C2H6/c4-3(5)1-2-6;2*1-2-3(4)5;3*1-2/h1-2,6H2,(H,4,5);2*2H2,1H3,(H,4,5);3*1-2H3. The minimum Gasteiger partial charge on any atom is -0.481 e. The lowest BCUT2D eigenvalue weighted by Gasteiger charge is -1.79. The van der Waals surface area contributed by atoms with Gasteiger partial charge >= 0.3 is 17.9 Å². The molecule has 0 fully saturated rings. The molecule has 7 heteroatoms. The third-order valence-corrected chi connectivity index (χ3v) is 1.25. The van der Waals surface area contributed by atoms with Crippen molar-refractivity contribution in [1.29, 1.82) is 0 Å². The number of hydrogen-bond acceptors (Lipinski definition) is 3. The summed E-state index contributed by atoms with van der Waals surface area (Å²) in [6, 6.07) is 0. The van der Waals surface area contributed by atoms with Crippen LogP contribution in [0.3, 0.4) is 0 Å². The molecular formula is C15H37O6P. The Morgan fingerprint density at radius 2 is 0.864 bits per heavy atom. The topological polar surface area (TPSA) is 112 Å². The van der Waals surface area contributed by atoms with Crippen LogP contribution >= 0.6 is 9.24 Å². The minimum atomic E-state index is -0.745.